The molecule has 4 N–H and O–H groups in total. The van der Waals surface area contributed by atoms with Gasteiger partial charge in [-0.05, 0) is 6.07 Å². The Kier molecular flexibility index (Phi) is 1.45. The number of nitrogen functional groups attached to an aromatic ring is 1. The largest absolute Gasteiger partial charge is 0.477 e. The van der Waals surface area contributed by atoms with Gasteiger partial charge in [0.15, 0.2) is 0 Å². The van der Waals surface area contributed by atoms with Gasteiger partial charge in [0.25, 0.3) is 0 Å². The average molecular weight is 177 g/mol. The Balaban J connectivity index is 2.68. The lowest BCUT2D eigenvalue weighted by molar-refractivity contribution is 0.0691. The molecule has 5 heteroatoms. The summed E-state index contributed by atoms with van der Waals surface area (Å²) in [7, 11) is 0. The number of carboxylic acids is 1. The molecule has 0 aliphatic heterocycles. The van der Waals surface area contributed by atoms with Gasteiger partial charge in [-0.15, -0.1) is 0 Å². The first-order valence-electron chi connectivity index (χ1n) is 3.64. The number of aromatic nitrogens is 2. The summed E-state index contributed by atoms with van der Waals surface area (Å²) < 4.78 is 0. The van der Waals surface area contributed by atoms with E-state index in [1.165, 1.54) is 12.3 Å². The Morgan fingerprint density at radius 2 is 2.31 bits per heavy atom. The molecule has 2 aromatic rings. The topological polar surface area (TPSA) is 92.0 Å². The molecule has 0 saturated carbocycles. The summed E-state index contributed by atoms with van der Waals surface area (Å²) in [6, 6.07) is 3.12. The second kappa shape index (κ2) is 2.48. The van der Waals surface area contributed by atoms with Crippen LogP contribution in [0.4, 0.5) is 5.82 Å². The molecule has 0 atom stereocenters. The van der Waals surface area contributed by atoms with Crippen LogP contribution in [0.2, 0.25) is 0 Å². The molecular weight excluding hydrogens is 170 g/mol. The fraction of sp³-hybridized carbons (Fsp3) is 0. The van der Waals surface area contributed by atoms with E-state index in [1.54, 1.807) is 6.07 Å². The SMILES string of the molecule is Nc1cc2[nH]c(C(=O)O)cc2cn1. The van der Waals surface area contributed by atoms with Gasteiger partial charge in [-0.3, -0.25) is 0 Å². The van der Waals surface area contributed by atoms with Crippen LogP contribution in [-0.2, 0) is 0 Å². The molecule has 5 nitrogen and oxygen atoms in total. The smallest absolute Gasteiger partial charge is 0.352 e. The first-order valence-corrected chi connectivity index (χ1v) is 3.64. The van der Waals surface area contributed by atoms with Crippen molar-refractivity contribution in [2.75, 3.05) is 5.73 Å². The first-order chi connectivity index (χ1) is 6.16. The number of hydrogen-bond donors (Lipinski definition) is 3. The Labute approximate surface area is 73.2 Å². The second-order valence-corrected chi connectivity index (χ2v) is 2.68. The van der Waals surface area contributed by atoms with Crippen LogP contribution in [0.3, 0.4) is 0 Å². The monoisotopic (exact) mass is 177 g/mol. The van der Waals surface area contributed by atoms with E-state index in [4.69, 9.17) is 10.8 Å². The van der Waals surface area contributed by atoms with Crippen LogP contribution in [0.5, 0.6) is 0 Å². The van der Waals surface area contributed by atoms with Crippen molar-refractivity contribution in [3.63, 3.8) is 0 Å². The number of hydrogen-bond acceptors (Lipinski definition) is 3. The molecule has 2 aromatic heterocycles. The quantitative estimate of drug-likeness (QED) is 0.601. The highest BCUT2D eigenvalue weighted by molar-refractivity contribution is 5.93. The van der Waals surface area contributed by atoms with E-state index in [0.717, 1.165) is 5.39 Å². The number of anilines is 1. The normalized spacial score (nSPS) is 10.5. The number of aromatic amines is 1. The van der Waals surface area contributed by atoms with Crippen molar-refractivity contribution in [3.05, 3.63) is 24.0 Å². The van der Waals surface area contributed by atoms with Gasteiger partial charge in [0.2, 0.25) is 0 Å². The zero-order chi connectivity index (χ0) is 9.42. The maximum Gasteiger partial charge on any atom is 0.352 e. The van der Waals surface area contributed by atoms with Crippen LogP contribution >= 0.6 is 0 Å². The fourth-order valence-electron chi connectivity index (χ4n) is 1.16. The van der Waals surface area contributed by atoms with Gasteiger partial charge in [-0.2, -0.15) is 0 Å². The van der Waals surface area contributed by atoms with Crippen LogP contribution < -0.4 is 5.73 Å². The number of aromatic carboxylic acids is 1. The lowest BCUT2D eigenvalue weighted by Crippen LogP contribution is -1.94. The zero-order valence-corrected chi connectivity index (χ0v) is 6.61. The summed E-state index contributed by atoms with van der Waals surface area (Å²) in [6.45, 7) is 0. The molecule has 66 valence electrons. The summed E-state index contributed by atoms with van der Waals surface area (Å²) in [5, 5.41) is 9.41. The highest BCUT2D eigenvalue weighted by Gasteiger charge is 2.06. The minimum Gasteiger partial charge on any atom is -0.477 e. The highest BCUT2D eigenvalue weighted by Crippen LogP contribution is 2.15. The van der Waals surface area contributed by atoms with Crippen molar-refractivity contribution in [2.24, 2.45) is 0 Å². The molecular formula is C8H7N3O2. The van der Waals surface area contributed by atoms with E-state index in [1.807, 2.05) is 0 Å². The van der Waals surface area contributed by atoms with Crippen molar-refractivity contribution in [2.45, 2.75) is 0 Å². The molecule has 0 fully saturated rings. The number of pyridine rings is 1. The van der Waals surface area contributed by atoms with Gasteiger partial charge < -0.3 is 15.8 Å². The molecule has 0 spiro atoms. The molecule has 2 heterocycles. The Bertz CT molecular complexity index is 475. The summed E-state index contributed by atoms with van der Waals surface area (Å²) in [5.74, 6) is -0.624. The molecule has 0 aliphatic carbocycles. The summed E-state index contributed by atoms with van der Waals surface area (Å²) in [5.41, 5.74) is 6.26. The van der Waals surface area contributed by atoms with Crippen molar-refractivity contribution in [3.8, 4) is 0 Å². The summed E-state index contributed by atoms with van der Waals surface area (Å²) in [4.78, 5) is 17.1. The minimum absolute atomic E-state index is 0.141. The van der Waals surface area contributed by atoms with Crippen LogP contribution in [0.1, 0.15) is 10.5 Å². The van der Waals surface area contributed by atoms with Gasteiger partial charge in [-0.25, -0.2) is 9.78 Å². The average Bonchev–Trinajstić information content (AvgIpc) is 2.46. The van der Waals surface area contributed by atoms with Crippen molar-refractivity contribution >= 4 is 22.7 Å². The van der Waals surface area contributed by atoms with Crippen LogP contribution in [0.25, 0.3) is 10.9 Å². The minimum atomic E-state index is -0.991. The van der Waals surface area contributed by atoms with Gasteiger partial charge in [-0.1, -0.05) is 0 Å². The van der Waals surface area contributed by atoms with E-state index in [9.17, 15) is 4.79 Å². The zero-order valence-electron chi connectivity index (χ0n) is 6.61. The van der Waals surface area contributed by atoms with Gasteiger partial charge in [0.1, 0.15) is 11.5 Å². The number of nitrogens with two attached hydrogens (primary N) is 1. The number of H-pyrrole nitrogens is 1. The van der Waals surface area contributed by atoms with E-state index in [2.05, 4.69) is 9.97 Å². The highest BCUT2D eigenvalue weighted by atomic mass is 16.4. The molecule has 0 unspecified atom stereocenters. The van der Waals surface area contributed by atoms with E-state index < -0.39 is 5.97 Å². The first kappa shape index (κ1) is 7.60. The number of nitrogens with zero attached hydrogens (tertiary/aromatic N) is 1. The Morgan fingerprint density at radius 3 is 3.00 bits per heavy atom. The standard InChI is InChI=1S/C8H7N3O2/c9-7-2-5-4(3-10-7)1-6(11-5)8(12)13/h1-3,11H,(H2,9,10)(H,12,13). The lowest BCUT2D eigenvalue weighted by atomic mass is 10.3. The van der Waals surface area contributed by atoms with Crippen LogP contribution in [0, 0.1) is 0 Å². The molecule has 0 amide bonds. The molecule has 0 saturated heterocycles. The van der Waals surface area contributed by atoms with Crippen LogP contribution in [0.15, 0.2) is 18.3 Å². The van der Waals surface area contributed by atoms with E-state index >= 15 is 0 Å². The van der Waals surface area contributed by atoms with Crippen molar-refractivity contribution in [1.29, 1.82) is 0 Å². The Morgan fingerprint density at radius 1 is 1.54 bits per heavy atom. The molecule has 0 aliphatic rings. The lowest BCUT2D eigenvalue weighted by Gasteiger charge is -1.90. The molecule has 0 bridgehead atoms. The van der Waals surface area contributed by atoms with Crippen molar-refractivity contribution in [1.82, 2.24) is 9.97 Å². The number of fused-ring (bicyclic) bond motifs is 1. The van der Waals surface area contributed by atoms with E-state index in [0.29, 0.717) is 11.3 Å². The van der Waals surface area contributed by atoms with Crippen molar-refractivity contribution < 1.29 is 9.90 Å². The summed E-state index contributed by atoms with van der Waals surface area (Å²) >= 11 is 0. The molecule has 13 heavy (non-hydrogen) atoms. The maximum absolute atomic E-state index is 10.6. The predicted octanol–water partition coefficient (Wildman–Crippen LogP) is 0.843. The van der Waals surface area contributed by atoms with Crippen LogP contribution in [-0.4, -0.2) is 21.0 Å². The second-order valence-electron chi connectivity index (χ2n) is 2.68. The third-order valence-electron chi connectivity index (χ3n) is 1.76. The maximum atomic E-state index is 10.6. The number of carbonyl (C=O) groups is 1. The third kappa shape index (κ3) is 1.20. The van der Waals surface area contributed by atoms with Gasteiger partial charge in [0, 0.05) is 17.6 Å². The van der Waals surface area contributed by atoms with Gasteiger partial charge in [0.05, 0.1) is 5.52 Å². The number of nitrogens with one attached hydrogen (secondary N) is 1. The van der Waals surface area contributed by atoms with Gasteiger partial charge >= 0.3 is 5.97 Å². The number of carboxylic acid groups (broad SMARTS) is 1. The number of rotatable bonds is 1. The Hall–Kier alpha value is -2.04. The third-order valence-corrected chi connectivity index (χ3v) is 1.76. The molecule has 2 rings (SSSR count). The molecule has 0 radical (unpaired) electrons. The fourth-order valence-corrected chi connectivity index (χ4v) is 1.16. The summed E-state index contributed by atoms with van der Waals surface area (Å²) in [6.07, 6.45) is 1.54. The predicted molar refractivity (Wildman–Crippen MR) is 47.5 cm³/mol. The van der Waals surface area contributed by atoms with E-state index in [-0.39, 0.29) is 5.69 Å². The molecule has 0 aromatic carbocycles.